The molecule has 1 saturated heterocycles. The molecule has 8 heteroatoms. The maximum atomic E-state index is 13.7. The van der Waals surface area contributed by atoms with Gasteiger partial charge in [0, 0.05) is 24.2 Å². The average Bonchev–Trinajstić information content (AvgIpc) is 2.50. The normalized spacial score (nSPS) is 31.8. The molecular weight excluding hydrogens is 317 g/mol. The second kappa shape index (κ2) is 5.29. The van der Waals surface area contributed by atoms with E-state index in [2.05, 4.69) is 15.2 Å². The van der Waals surface area contributed by atoms with Crippen molar-refractivity contribution < 1.29 is 23.8 Å². The van der Waals surface area contributed by atoms with Crippen LogP contribution in [0, 0.1) is 5.82 Å². The summed E-state index contributed by atoms with van der Waals surface area (Å²) in [5.74, 6) is -2.14. The first-order chi connectivity index (χ1) is 11.5. The van der Waals surface area contributed by atoms with Gasteiger partial charge in [0.25, 0.3) is 0 Å². The third-order valence-electron chi connectivity index (χ3n) is 5.47. The van der Waals surface area contributed by atoms with E-state index in [4.69, 9.17) is 9.47 Å². The van der Waals surface area contributed by atoms with Crippen molar-refractivity contribution in [1.82, 2.24) is 9.88 Å². The van der Waals surface area contributed by atoms with Gasteiger partial charge in [-0.15, -0.1) is 0 Å². The van der Waals surface area contributed by atoms with Crippen LogP contribution in [0.1, 0.15) is 29.6 Å². The zero-order valence-electron chi connectivity index (χ0n) is 13.5. The second-order valence-corrected chi connectivity index (χ2v) is 6.93. The van der Waals surface area contributed by atoms with Crippen LogP contribution in [-0.4, -0.2) is 65.5 Å². The standard InChI is InChI=1S/C16H20FN3O4/c1-23-12-10(17)6-18-13(11(12)14(21)22)19-15-7-16(8-15,9-15)20-2-4-24-5-3-20/h6H,2-5,7-9H2,1H3,(H,18,19)(H,21,22). The van der Waals surface area contributed by atoms with Gasteiger partial charge >= 0.3 is 5.97 Å². The van der Waals surface area contributed by atoms with Crippen molar-refractivity contribution in [2.75, 3.05) is 38.7 Å². The van der Waals surface area contributed by atoms with E-state index < -0.39 is 11.8 Å². The number of nitrogens with one attached hydrogen (secondary N) is 1. The highest BCUT2D eigenvalue weighted by Crippen LogP contribution is 2.65. The Morgan fingerprint density at radius 3 is 2.67 bits per heavy atom. The maximum absolute atomic E-state index is 13.7. The fourth-order valence-corrected chi connectivity index (χ4v) is 4.46. The molecule has 24 heavy (non-hydrogen) atoms. The average molecular weight is 337 g/mol. The topological polar surface area (TPSA) is 83.9 Å². The molecule has 5 rings (SSSR count). The summed E-state index contributed by atoms with van der Waals surface area (Å²) in [7, 11) is 1.25. The lowest BCUT2D eigenvalue weighted by Gasteiger charge is -2.74. The largest absolute Gasteiger partial charge is 0.493 e. The Labute approximate surface area is 138 Å². The third-order valence-corrected chi connectivity index (χ3v) is 5.47. The number of ether oxygens (including phenoxy) is 2. The van der Waals surface area contributed by atoms with Gasteiger partial charge in [-0.2, -0.15) is 0 Å². The van der Waals surface area contributed by atoms with E-state index >= 15 is 0 Å². The lowest BCUT2D eigenvalue weighted by molar-refractivity contribution is -0.172. The van der Waals surface area contributed by atoms with Crippen molar-refractivity contribution in [3.8, 4) is 5.75 Å². The zero-order chi connectivity index (χ0) is 16.9. The first-order valence-electron chi connectivity index (χ1n) is 8.05. The van der Waals surface area contributed by atoms with Crippen molar-refractivity contribution in [3.63, 3.8) is 0 Å². The number of pyridine rings is 1. The number of hydrogen-bond acceptors (Lipinski definition) is 6. The summed E-state index contributed by atoms with van der Waals surface area (Å²) in [6, 6.07) is 0. The fourth-order valence-electron chi connectivity index (χ4n) is 4.46. The van der Waals surface area contributed by atoms with Gasteiger partial charge in [0.2, 0.25) is 0 Å². The minimum Gasteiger partial charge on any atom is -0.493 e. The summed E-state index contributed by atoms with van der Waals surface area (Å²) in [6.45, 7) is 3.42. The molecule has 1 aliphatic heterocycles. The minimum atomic E-state index is -1.25. The Bertz CT molecular complexity index is 670. The van der Waals surface area contributed by atoms with E-state index in [0.717, 1.165) is 51.8 Å². The molecule has 0 atom stereocenters. The number of methoxy groups -OCH3 is 1. The number of halogens is 1. The number of nitrogens with zero attached hydrogens (tertiary/aromatic N) is 2. The third kappa shape index (κ3) is 2.16. The van der Waals surface area contributed by atoms with Crippen LogP contribution in [0.15, 0.2) is 6.20 Å². The molecule has 3 saturated carbocycles. The van der Waals surface area contributed by atoms with Crippen LogP contribution in [-0.2, 0) is 4.74 Å². The fraction of sp³-hybridized carbons (Fsp3) is 0.625. The van der Waals surface area contributed by atoms with Gasteiger partial charge in [0.05, 0.1) is 26.5 Å². The van der Waals surface area contributed by atoms with Crippen LogP contribution in [0.25, 0.3) is 0 Å². The smallest absolute Gasteiger partial charge is 0.343 e. The van der Waals surface area contributed by atoms with Gasteiger partial charge in [-0.25, -0.2) is 14.2 Å². The summed E-state index contributed by atoms with van der Waals surface area (Å²) < 4.78 is 24.0. The number of carboxylic acids is 1. The lowest BCUT2D eigenvalue weighted by Crippen LogP contribution is -2.82. The SMILES string of the molecule is COc1c(F)cnc(NC23CC(N4CCOCC4)(C2)C3)c1C(=O)O. The molecule has 1 aromatic rings. The first-order valence-corrected chi connectivity index (χ1v) is 8.05. The van der Waals surface area contributed by atoms with Crippen molar-refractivity contribution >= 4 is 11.8 Å². The molecule has 1 aromatic heterocycles. The van der Waals surface area contributed by atoms with E-state index in [1.165, 1.54) is 7.11 Å². The molecule has 2 heterocycles. The highest BCUT2D eigenvalue weighted by Gasteiger charge is 2.70. The summed E-state index contributed by atoms with van der Waals surface area (Å²) in [6.07, 6.45) is 3.83. The van der Waals surface area contributed by atoms with Crippen LogP contribution in [0.4, 0.5) is 10.2 Å². The molecule has 2 N–H and O–H groups in total. The molecule has 130 valence electrons. The summed E-state index contributed by atoms with van der Waals surface area (Å²) in [5.41, 5.74) is -0.175. The Hall–Kier alpha value is -1.93. The molecule has 4 fully saturated rings. The van der Waals surface area contributed by atoms with Gasteiger partial charge < -0.3 is 19.9 Å². The Kier molecular flexibility index (Phi) is 3.43. The van der Waals surface area contributed by atoms with Crippen molar-refractivity contribution in [2.24, 2.45) is 0 Å². The van der Waals surface area contributed by atoms with Gasteiger partial charge in [-0.05, 0) is 19.3 Å². The van der Waals surface area contributed by atoms with Gasteiger partial charge in [-0.1, -0.05) is 0 Å². The molecule has 0 radical (unpaired) electrons. The highest BCUT2D eigenvalue weighted by molar-refractivity contribution is 5.96. The second-order valence-electron chi connectivity index (χ2n) is 6.93. The zero-order valence-corrected chi connectivity index (χ0v) is 13.5. The van der Waals surface area contributed by atoms with Gasteiger partial charge in [-0.3, -0.25) is 4.90 Å². The number of carboxylic acid groups (broad SMARTS) is 1. The number of carbonyl (C=O) groups is 1. The van der Waals surface area contributed by atoms with Crippen molar-refractivity contribution in [1.29, 1.82) is 0 Å². The molecule has 0 aromatic carbocycles. The van der Waals surface area contributed by atoms with Gasteiger partial charge in [0.15, 0.2) is 11.6 Å². The van der Waals surface area contributed by atoms with E-state index in [1.54, 1.807) is 0 Å². The van der Waals surface area contributed by atoms with Crippen molar-refractivity contribution in [2.45, 2.75) is 30.3 Å². The van der Waals surface area contributed by atoms with Gasteiger partial charge in [0.1, 0.15) is 11.4 Å². The van der Waals surface area contributed by atoms with Crippen LogP contribution in [0.5, 0.6) is 5.75 Å². The van der Waals surface area contributed by atoms with Crippen LogP contribution >= 0.6 is 0 Å². The molecule has 4 aliphatic rings. The molecule has 2 bridgehead atoms. The number of hydrogen-bond donors (Lipinski definition) is 2. The first kappa shape index (κ1) is 15.6. The summed E-state index contributed by atoms with van der Waals surface area (Å²) >= 11 is 0. The number of aromatic carboxylic acids is 1. The number of anilines is 1. The molecular formula is C16H20FN3O4. The monoisotopic (exact) mass is 337 g/mol. The molecule has 3 aliphatic carbocycles. The maximum Gasteiger partial charge on any atom is 0.343 e. The Balaban J connectivity index is 1.51. The number of rotatable bonds is 5. The van der Waals surface area contributed by atoms with E-state index in [9.17, 15) is 14.3 Å². The summed E-state index contributed by atoms with van der Waals surface area (Å²) in [4.78, 5) is 17.9. The Morgan fingerprint density at radius 2 is 2.08 bits per heavy atom. The van der Waals surface area contributed by atoms with E-state index in [1.807, 2.05) is 0 Å². The molecule has 0 amide bonds. The van der Waals surface area contributed by atoms with E-state index in [-0.39, 0.29) is 28.2 Å². The number of morpholine rings is 1. The molecule has 7 nitrogen and oxygen atoms in total. The summed E-state index contributed by atoms with van der Waals surface area (Å²) in [5, 5.41) is 12.6. The van der Waals surface area contributed by atoms with Crippen molar-refractivity contribution in [3.05, 3.63) is 17.6 Å². The van der Waals surface area contributed by atoms with Crippen LogP contribution in [0.2, 0.25) is 0 Å². The van der Waals surface area contributed by atoms with E-state index in [0.29, 0.717) is 0 Å². The Morgan fingerprint density at radius 1 is 1.42 bits per heavy atom. The number of aromatic nitrogens is 1. The molecule has 0 spiro atoms. The van der Waals surface area contributed by atoms with Crippen LogP contribution < -0.4 is 10.1 Å². The lowest BCUT2D eigenvalue weighted by atomic mass is 9.43. The minimum absolute atomic E-state index is 0.141. The quantitative estimate of drug-likeness (QED) is 0.839. The van der Waals surface area contributed by atoms with Crippen LogP contribution in [0.3, 0.4) is 0 Å². The highest BCUT2D eigenvalue weighted by atomic mass is 19.1. The predicted molar refractivity (Wildman–Crippen MR) is 83.0 cm³/mol. The molecule has 0 unspecified atom stereocenters. The predicted octanol–water partition coefficient (Wildman–Crippen LogP) is 1.35.